The third-order valence-corrected chi connectivity index (χ3v) is 3.91. The van der Waals surface area contributed by atoms with E-state index in [1.165, 1.54) is 0 Å². The van der Waals surface area contributed by atoms with E-state index in [4.69, 9.17) is 14.6 Å². The summed E-state index contributed by atoms with van der Waals surface area (Å²) >= 11 is 0. The lowest BCUT2D eigenvalue weighted by Crippen LogP contribution is -2.37. The zero-order chi connectivity index (χ0) is 15.2. The van der Waals surface area contributed by atoms with Crippen molar-refractivity contribution in [3.8, 4) is 5.75 Å². The molecular formula is C16H23NO4. The van der Waals surface area contributed by atoms with E-state index in [1.54, 1.807) is 24.3 Å². The first-order valence-corrected chi connectivity index (χ1v) is 7.36. The fourth-order valence-electron chi connectivity index (χ4n) is 2.69. The molecule has 1 heterocycles. The van der Waals surface area contributed by atoms with Crippen LogP contribution in [0.2, 0.25) is 0 Å². The van der Waals surface area contributed by atoms with Gasteiger partial charge in [0.1, 0.15) is 5.75 Å². The summed E-state index contributed by atoms with van der Waals surface area (Å²) in [5, 5.41) is 8.93. The molecule has 1 N–H and O–H groups in total. The van der Waals surface area contributed by atoms with E-state index in [9.17, 15) is 4.79 Å². The molecule has 21 heavy (non-hydrogen) atoms. The highest BCUT2D eigenvalue weighted by Gasteiger charge is 2.27. The number of likely N-dealkylation sites (N-methyl/N-ethyl adjacent to an activating group) is 1. The maximum Gasteiger partial charge on any atom is 0.335 e. The topological polar surface area (TPSA) is 59.0 Å². The SMILES string of the molecule is CC1OCCC1N(C)CCCOc1cccc(C(=O)O)c1. The molecule has 5 nitrogen and oxygen atoms in total. The van der Waals surface area contributed by atoms with Gasteiger partial charge in [-0.2, -0.15) is 0 Å². The fraction of sp³-hybridized carbons (Fsp3) is 0.562. The molecule has 0 bridgehead atoms. The molecule has 2 rings (SSSR count). The molecule has 2 atom stereocenters. The van der Waals surface area contributed by atoms with Gasteiger partial charge in [-0.25, -0.2) is 4.79 Å². The highest BCUT2D eigenvalue weighted by molar-refractivity contribution is 5.87. The number of hydrogen-bond acceptors (Lipinski definition) is 4. The summed E-state index contributed by atoms with van der Waals surface area (Å²) in [5.74, 6) is -0.328. The van der Waals surface area contributed by atoms with Crippen molar-refractivity contribution in [2.75, 3.05) is 26.8 Å². The average Bonchev–Trinajstić information content (AvgIpc) is 2.90. The Hall–Kier alpha value is -1.59. The Labute approximate surface area is 125 Å². The van der Waals surface area contributed by atoms with E-state index in [2.05, 4.69) is 18.9 Å². The minimum absolute atomic E-state index is 0.251. The van der Waals surface area contributed by atoms with Crippen LogP contribution in [0.3, 0.4) is 0 Å². The molecule has 1 saturated heterocycles. The zero-order valence-electron chi connectivity index (χ0n) is 12.6. The number of ether oxygens (including phenoxy) is 2. The number of carbonyl (C=O) groups is 1. The second-order valence-corrected chi connectivity index (χ2v) is 5.45. The lowest BCUT2D eigenvalue weighted by molar-refractivity contribution is 0.0696. The van der Waals surface area contributed by atoms with E-state index in [-0.39, 0.29) is 5.56 Å². The number of aromatic carboxylic acids is 1. The van der Waals surface area contributed by atoms with E-state index >= 15 is 0 Å². The third kappa shape index (κ3) is 4.44. The van der Waals surface area contributed by atoms with Crippen LogP contribution < -0.4 is 4.74 Å². The van der Waals surface area contributed by atoms with Gasteiger partial charge in [0.25, 0.3) is 0 Å². The molecule has 0 saturated carbocycles. The monoisotopic (exact) mass is 293 g/mol. The van der Waals surface area contributed by atoms with Crippen LogP contribution in [0.25, 0.3) is 0 Å². The van der Waals surface area contributed by atoms with Crippen LogP contribution in [0.4, 0.5) is 0 Å². The smallest absolute Gasteiger partial charge is 0.335 e. The molecule has 116 valence electrons. The molecule has 5 heteroatoms. The van der Waals surface area contributed by atoms with E-state index in [1.807, 2.05) is 0 Å². The van der Waals surface area contributed by atoms with E-state index in [0.717, 1.165) is 26.0 Å². The van der Waals surface area contributed by atoms with Crippen molar-refractivity contribution in [3.05, 3.63) is 29.8 Å². The van der Waals surface area contributed by atoms with Crippen molar-refractivity contribution in [2.24, 2.45) is 0 Å². The zero-order valence-corrected chi connectivity index (χ0v) is 12.6. The number of rotatable bonds is 7. The standard InChI is InChI=1S/C16H23NO4/c1-12-15(7-10-20-12)17(2)8-4-9-21-14-6-3-5-13(11-14)16(18)19/h3,5-6,11-12,15H,4,7-10H2,1-2H3,(H,18,19). The molecule has 0 spiro atoms. The number of carboxylic acid groups (broad SMARTS) is 1. The van der Waals surface area contributed by atoms with Crippen LogP contribution in [-0.4, -0.2) is 54.9 Å². The van der Waals surface area contributed by atoms with Crippen LogP contribution in [0.15, 0.2) is 24.3 Å². The van der Waals surface area contributed by atoms with E-state index < -0.39 is 5.97 Å². The average molecular weight is 293 g/mol. The molecule has 1 aromatic carbocycles. The normalized spacial score (nSPS) is 21.7. The van der Waals surface area contributed by atoms with E-state index in [0.29, 0.717) is 24.5 Å². The molecule has 2 unspecified atom stereocenters. The molecule has 1 aliphatic heterocycles. The highest BCUT2D eigenvalue weighted by atomic mass is 16.5. The maximum absolute atomic E-state index is 10.9. The van der Waals surface area contributed by atoms with Crippen molar-refractivity contribution in [1.82, 2.24) is 4.90 Å². The van der Waals surface area contributed by atoms with Gasteiger partial charge < -0.3 is 19.5 Å². The highest BCUT2D eigenvalue weighted by Crippen LogP contribution is 2.18. The summed E-state index contributed by atoms with van der Waals surface area (Å²) in [6, 6.07) is 7.08. The van der Waals surface area contributed by atoms with Crippen molar-refractivity contribution in [1.29, 1.82) is 0 Å². The minimum atomic E-state index is -0.935. The van der Waals surface area contributed by atoms with Gasteiger partial charge in [-0.1, -0.05) is 6.07 Å². The van der Waals surface area contributed by atoms with Crippen LogP contribution in [0.1, 0.15) is 30.1 Å². The molecule has 1 aliphatic rings. The summed E-state index contributed by atoms with van der Waals surface area (Å²) in [6.45, 7) is 4.48. The quantitative estimate of drug-likeness (QED) is 0.781. The van der Waals surface area contributed by atoms with Gasteiger partial charge in [0.15, 0.2) is 0 Å². The largest absolute Gasteiger partial charge is 0.494 e. The van der Waals surface area contributed by atoms with Gasteiger partial charge >= 0.3 is 5.97 Å². The lowest BCUT2D eigenvalue weighted by Gasteiger charge is -2.26. The first-order chi connectivity index (χ1) is 10.1. The summed E-state index contributed by atoms with van der Waals surface area (Å²) in [6.07, 6.45) is 2.28. The molecule has 0 aromatic heterocycles. The first kappa shape index (κ1) is 15.8. The van der Waals surface area contributed by atoms with Gasteiger partial charge in [-0.3, -0.25) is 0 Å². The van der Waals surface area contributed by atoms with Crippen molar-refractivity contribution >= 4 is 5.97 Å². The Morgan fingerprint density at radius 1 is 1.52 bits per heavy atom. The minimum Gasteiger partial charge on any atom is -0.494 e. The molecular weight excluding hydrogens is 270 g/mol. The second-order valence-electron chi connectivity index (χ2n) is 5.45. The molecule has 0 radical (unpaired) electrons. The Morgan fingerprint density at radius 3 is 3.00 bits per heavy atom. The molecule has 0 amide bonds. The second kappa shape index (κ2) is 7.43. The van der Waals surface area contributed by atoms with Crippen molar-refractivity contribution in [2.45, 2.75) is 31.9 Å². The predicted octanol–water partition coefficient (Wildman–Crippen LogP) is 2.26. The number of hydrogen-bond donors (Lipinski definition) is 1. The summed E-state index contributed by atoms with van der Waals surface area (Å²) in [4.78, 5) is 13.2. The van der Waals surface area contributed by atoms with Crippen molar-refractivity contribution in [3.63, 3.8) is 0 Å². The maximum atomic E-state index is 10.9. The fourth-order valence-corrected chi connectivity index (χ4v) is 2.69. The van der Waals surface area contributed by atoms with Crippen molar-refractivity contribution < 1.29 is 19.4 Å². The Morgan fingerprint density at radius 2 is 2.33 bits per heavy atom. The van der Waals surface area contributed by atoms with Gasteiger partial charge in [0, 0.05) is 19.2 Å². The molecule has 1 fully saturated rings. The summed E-state index contributed by atoms with van der Waals surface area (Å²) < 4.78 is 11.2. The van der Waals surface area contributed by atoms with Crippen LogP contribution in [-0.2, 0) is 4.74 Å². The first-order valence-electron chi connectivity index (χ1n) is 7.36. The van der Waals surface area contributed by atoms with Crippen LogP contribution >= 0.6 is 0 Å². The molecule has 1 aromatic rings. The van der Waals surface area contributed by atoms with Gasteiger partial charge in [0.05, 0.1) is 18.3 Å². The van der Waals surface area contributed by atoms with Gasteiger partial charge in [-0.05, 0) is 45.0 Å². The number of carboxylic acids is 1. The van der Waals surface area contributed by atoms with Gasteiger partial charge in [0.2, 0.25) is 0 Å². The Balaban J connectivity index is 1.72. The number of benzene rings is 1. The summed E-state index contributed by atoms with van der Waals surface area (Å²) in [7, 11) is 2.11. The van der Waals surface area contributed by atoms with Gasteiger partial charge in [-0.15, -0.1) is 0 Å². The lowest BCUT2D eigenvalue weighted by atomic mass is 10.1. The van der Waals surface area contributed by atoms with Crippen LogP contribution in [0, 0.1) is 0 Å². The predicted molar refractivity (Wildman–Crippen MR) is 80.0 cm³/mol. The molecule has 0 aliphatic carbocycles. The Kier molecular flexibility index (Phi) is 5.59. The number of nitrogens with zero attached hydrogens (tertiary/aromatic N) is 1. The van der Waals surface area contributed by atoms with Crippen LogP contribution in [0.5, 0.6) is 5.75 Å². The summed E-state index contributed by atoms with van der Waals surface area (Å²) in [5.41, 5.74) is 0.251. The Bertz CT molecular complexity index is 477. The third-order valence-electron chi connectivity index (χ3n) is 3.91.